The van der Waals surface area contributed by atoms with Gasteiger partial charge in [-0.2, -0.15) is 0 Å². The topological polar surface area (TPSA) is 101 Å². The van der Waals surface area contributed by atoms with E-state index in [2.05, 4.69) is 14.9 Å². The summed E-state index contributed by atoms with van der Waals surface area (Å²) in [4.78, 5) is 23.4. The lowest BCUT2D eigenvalue weighted by atomic mass is 10.2. The predicted molar refractivity (Wildman–Crippen MR) is 57.6 cm³/mol. The van der Waals surface area contributed by atoms with Crippen molar-refractivity contribution >= 4 is 17.5 Å². The van der Waals surface area contributed by atoms with Crippen molar-refractivity contribution in [3.05, 3.63) is 16.3 Å². The van der Waals surface area contributed by atoms with E-state index >= 15 is 0 Å². The maximum Gasteiger partial charge on any atom is 0.366 e. The van der Waals surface area contributed by atoms with Crippen molar-refractivity contribution < 1.29 is 14.5 Å². The zero-order chi connectivity index (χ0) is 12.4. The number of aromatic nitrogens is 2. The van der Waals surface area contributed by atoms with Gasteiger partial charge in [-0.25, -0.2) is 4.79 Å². The number of nitrogens with zero attached hydrogens (tertiary/aromatic N) is 3. The monoisotopic (exact) mass is 240 g/mol. The van der Waals surface area contributed by atoms with Crippen molar-refractivity contribution in [1.29, 1.82) is 0 Å². The Kier molecular flexibility index (Phi) is 2.94. The van der Waals surface area contributed by atoms with Crippen LogP contribution >= 0.6 is 0 Å². The SMILES string of the molecule is COC(=O)C1CCCN1c1cn[nH]c1[N+](=O)[O-]. The molecular weight excluding hydrogens is 228 g/mol. The second-order valence-electron chi connectivity index (χ2n) is 3.74. The third-order valence-corrected chi connectivity index (χ3v) is 2.82. The number of carbonyl (C=O) groups excluding carboxylic acids is 1. The molecule has 0 amide bonds. The summed E-state index contributed by atoms with van der Waals surface area (Å²) in [7, 11) is 1.31. The Morgan fingerprint density at radius 1 is 1.76 bits per heavy atom. The molecule has 8 nitrogen and oxygen atoms in total. The van der Waals surface area contributed by atoms with E-state index in [1.807, 2.05) is 0 Å². The van der Waals surface area contributed by atoms with Gasteiger partial charge in [0, 0.05) is 6.54 Å². The van der Waals surface area contributed by atoms with Crippen LogP contribution in [-0.4, -0.2) is 40.8 Å². The molecule has 0 saturated carbocycles. The molecule has 1 aromatic heterocycles. The molecule has 1 aliphatic rings. The molecule has 0 spiro atoms. The average Bonchev–Trinajstić information content (AvgIpc) is 2.95. The van der Waals surface area contributed by atoms with E-state index in [1.54, 1.807) is 4.90 Å². The number of ether oxygens (including phenoxy) is 1. The lowest BCUT2D eigenvalue weighted by Gasteiger charge is -2.22. The van der Waals surface area contributed by atoms with Crippen molar-refractivity contribution in [3.8, 4) is 0 Å². The van der Waals surface area contributed by atoms with Crippen LogP contribution in [0, 0.1) is 10.1 Å². The third kappa shape index (κ3) is 1.93. The van der Waals surface area contributed by atoms with E-state index in [-0.39, 0.29) is 11.8 Å². The van der Waals surface area contributed by atoms with E-state index in [0.29, 0.717) is 18.7 Å². The molecule has 1 saturated heterocycles. The van der Waals surface area contributed by atoms with Gasteiger partial charge in [0.25, 0.3) is 0 Å². The Morgan fingerprint density at radius 2 is 2.53 bits per heavy atom. The van der Waals surface area contributed by atoms with Gasteiger partial charge >= 0.3 is 11.8 Å². The minimum Gasteiger partial charge on any atom is -0.467 e. The Morgan fingerprint density at radius 3 is 3.18 bits per heavy atom. The molecule has 17 heavy (non-hydrogen) atoms. The third-order valence-electron chi connectivity index (χ3n) is 2.82. The number of anilines is 1. The summed E-state index contributed by atoms with van der Waals surface area (Å²) >= 11 is 0. The molecule has 0 radical (unpaired) electrons. The first-order valence-electron chi connectivity index (χ1n) is 5.17. The summed E-state index contributed by atoms with van der Waals surface area (Å²) in [6.07, 6.45) is 2.79. The number of carbonyl (C=O) groups is 1. The van der Waals surface area contributed by atoms with E-state index < -0.39 is 11.0 Å². The molecule has 0 aromatic carbocycles. The molecule has 2 heterocycles. The van der Waals surface area contributed by atoms with Crippen molar-refractivity contribution in [1.82, 2.24) is 10.2 Å². The lowest BCUT2D eigenvalue weighted by Crippen LogP contribution is -2.36. The first-order chi connectivity index (χ1) is 8.15. The van der Waals surface area contributed by atoms with Gasteiger partial charge in [-0.15, -0.1) is 5.10 Å². The van der Waals surface area contributed by atoms with Crippen LogP contribution in [0.1, 0.15) is 12.8 Å². The predicted octanol–water partition coefficient (Wildman–Crippen LogP) is 0.460. The number of hydrogen-bond donors (Lipinski definition) is 1. The quantitative estimate of drug-likeness (QED) is 0.468. The van der Waals surface area contributed by atoms with Crippen molar-refractivity contribution in [2.45, 2.75) is 18.9 Å². The Balaban J connectivity index is 2.29. The molecule has 1 aliphatic heterocycles. The molecule has 92 valence electrons. The molecule has 0 aliphatic carbocycles. The maximum atomic E-state index is 11.5. The van der Waals surface area contributed by atoms with Gasteiger partial charge in [0.1, 0.15) is 12.2 Å². The van der Waals surface area contributed by atoms with Crippen LogP contribution in [0.4, 0.5) is 11.5 Å². The standard InChI is InChI=1S/C9H12N4O4/c1-17-9(14)6-3-2-4-12(6)7-5-10-11-8(7)13(15)16/h5-6H,2-4H2,1H3,(H,10,11). The summed E-state index contributed by atoms with van der Waals surface area (Å²) in [6, 6.07) is -0.462. The number of hydrogen-bond acceptors (Lipinski definition) is 6. The fourth-order valence-corrected chi connectivity index (χ4v) is 2.05. The second-order valence-corrected chi connectivity index (χ2v) is 3.74. The van der Waals surface area contributed by atoms with Crippen LogP contribution in [0.2, 0.25) is 0 Å². The number of nitrogens with one attached hydrogen (secondary N) is 1. The zero-order valence-electron chi connectivity index (χ0n) is 9.25. The highest BCUT2D eigenvalue weighted by Gasteiger charge is 2.35. The number of rotatable bonds is 3. The Hall–Kier alpha value is -2.12. The average molecular weight is 240 g/mol. The van der Waals surface area contributed by atoms with Gasteiger partial charge in [-0.1, -0.05) is 5.10 Å². The van der Waals surface area contributed by atoms with Crippen molar-refractivity contribution in [3.63, 3.8) is 0 Å². The molecule has 1 N–H and O–H groups in total. The number of aromatic amines is 1. The summed E-state index contributed by atoms with van der Waals surface area (Å²) < 4.78 is 4.68. The number of esters is 1. The van der Waals surface area contributed by atoms with Gasteiger partial charge in [0.15, 0.2) is 5.69 Å². The first kappa shape index (κ1) is 11.4. The van der Waals surface area contributed by atoms with Crippen molar-refractivity contribution in [2.24, 2.45) is 0 Å². The second kappa shape index (κ2) is 4.40. The van der Waals surface area contributed by atoms with E-state index in [4.69, 9.17) is 0 Å². The highest BCUT2D eigenvalue weighted by Crippen LogP contribution is 2.31. The van der Waals surface area contributed by atoms with E-state index in [1.165, 1.54) is 13.3 Å². The zero-order valence-corrected chi connectivity index (χ0v) is 9.25. The molecule has 2 rings (SSSR count). The fourth-order valence-electron chi connectivity index (χ4n) is 2.05. The molecule has 1 fully saturated rings. The van der Waals surface area contributed by atoms with Crippen LogP contribution in [0.3, 0.4) is 0 Å². The molecule has 0 bridgehead atoms. The summed E-state index contributed by atoms with van der Waals surface area (Å²) in [5.74, 6) is -0.571. The molecule has 8 heteroatoms. The van der Waals surface area contributed by atoms with Crippen LogP contribution < -0.4 is 4.90 Å². The minimum absolute atomic E-state index is 0.194. The van der Waals surface area contributed by atoms with Crippen LogP contribution in [-0.2, 0) is 9.53 Å². The van der Waals surface area contributed by atoms with E-state index in [9.17, 15) is 14.9 Å². The van der Waals surface area contributed by atoms with Crippen LogP contribution in [0.15, 0.2) is 6.20 Å². The Labute approximate surface area is 96.7 Å². The van der Waals surface area contributed by atoms with Crippen LogP contribution in [0.25, 0.3) is 0 Å². The number of nitro groups is 1. The summed E-state index contributed by atoms with van der Waals surface area (Å²) in [6.45, 7) is 0.583. The summed E-state index contributed by atoms with van der Waals surface area (Å²) in [5.41, 5.74) is 0.336. The fraction of sp³-hybridized carbons (Fsp3) is 0.556. The molecular formula is C9H12N4O4. The first-order valence-corrected chi connectivity index (χ1v) is 5.17. The molecule has 1 atom stereocenters. The molecule has 1 unspecified atom stereocenters. The van der Waals surface area contributed by atoms with Gasteiger partial charge < -0.3 is 19.8 Å². The van der Waals surface area contributed by atoms with Gasteiger partial charge in [0.05, 0.1) is 7.11 Å². The highest BCUT2D eigenvalue weighted by molar-refractivity contribution is 5.81. The highest BCUT2D eigenvalue weighted by atomic mass is 16.6. The smallest absolute Gasteiger partial charge is 0.366 e. The van der Waals surface area contributed by atoms with Gasteiger partial charge in [-0.05, 0) is 17.8 Å². The van der Waals surface area contributed by atoms with E-state index in [0.717, 1.165) is 6.42 Å². The maximum absolute atomic E-state index is 11.5. The largest absolute Gasteiger partial charge is 0.467 e. The molecule has 1 aromatic rings. The normalized spacial score (nSPS) is 19.4. The Bertz CT molecular complexity index is 444. The number of methoxy groups -OCH3 is 1. The van der Waals surface area contributed by atoms with Crippen LogP contribution in [0.5, 0.6) is 0 Å². The lowest BCUT2D eigenvalue weighted by molar-refractivity contribution is -0.388. The van der Waals surface area contributed by atoms with Crippen molar-refractivity contribution in [2.75, 3.05) is 18.6 Å². The minimum atomic E-state index is -0.547. The van der Waals surface area contributed by atoms with Gasteiger partial charge in [-0.3, -0.25) is 0 Å². The van der Waals surface area contributed by atoms with Gasteiger partial charge in [0.2, 0.25) is 0 Å². The number of H-pyrrole nitrogens is 1. The summed E-state index contributed by atoms with van der Waals surface area (Å²) in [5, 5.41) is 16.7.